The van der Waals surface area contributed by atoms with Crippen molar-refractivity contribution < 1.29 is 14.6 Å². The highest BCUT2D eigenvalue weighted by Crippen LogP contribution is 2.17. The van der Waals surface area contributed by atoms with Crippen molar-refractivity contribution in [3.8, 4) is 0 Å². The second-order valence-corrected chi connectivity index (χ2v) is 5.60. The summed E-state index contributed by atoms with van der Waals surface area (Å²) in [6.45, 7) is 3.10. The second-order valence-electron chi connectivity index (χ2n) is 5.60. The number of morpholine rings is 1. The monoisotopic (exact) mass is 292 g/mol. The van der Waals surface area contributed by atoms with Gasteiger partial charge < -0.3 is 20.5 Å². The number of hydrogen-bond donors (Lipinski definition) is 2. The third-order valence-electron chi connectivity index (χ3n) is 3.95. The number of nitrogens with zero attached hydrogens (tertiary/aromatic N) is 1. The van der Waals surface area contributed by atoms with Crippen LogP contribution in [0.4, 0.5) is 0 Å². The highest BCUT2D eigenvalue weighted by molar-refractivity contribution is 5.80. The lowest BCUT2D eigenvalue weighted by Gasteiger charge is -2.39. The van der Waals surface area contributed by atoms with E-state index < -0.39 is 0 Å². The predicted octanol–water partition coefficient (Wildman–Crippen LogP) is 0.412. The van der Waals surface area contributed by atoms with E-state index in [4.69, 9.17) is 10.5 Å². The summed E-state index contributed by atoms with van der Waals surface area (Å²) in [6, 6.07) is 9.92. The average molecular weight is 292 g/mol. The molecule has 21 heavy (non-hydrogen) atoms. The Hall–Kier alpha value is -1.43. The van der Waals surface area contributed by atoms with E-state index in [0.717, 1.165) is 5.56 Å². The Labute approximate surface area is 125 Å². The minimum absolute atomic E-state index is 0.0186. The van der Waals surface area contributed by atoms with Crippen LogP contribution < -0.4 is 5.73 Å². The Morgan fingerprint density at radius 3 is 2.81 bits per heavy atom. The van der Waals surface area contributed by atoms with Crippen LogP contribution in [0.3, 0.4) is 0 Å². The van der Waals surface area contributed by atoms with Crippen molar-refractivity contribution >= 4 is 5.91 Å². The quantitative estimate of drug-likeness (QED) is 0.824. The number of aliphatic hydroxyl groups is 1. The average Bonchev–Trinajstić information content (AvgIpc) is 2.53. The van der Waals surface area contributed by atoms with Gasteiger partial charge in [0.2, 0.25) is 5.91 Å². The summed E-state index contributed by atoms with van der Waals surface area (Å²) in [6.07, 6.45) is 0.352. The molecule has 0 bridgehead atoms. The molecule has 2 rings (SSSR count). The van der Waals surface area contributed by atoms with Crippen molar-refractivity contribution in [1.82, 2.24) is 4.90 Å². The SMILES string of the molecule is CC1COC(CO)CN1C(=O)C(CN)Cc1ccccc1. The molecule has 3 unspecified atom stereocenters. The maximum Gasteiger partial charge on any atom is 0.227 e. The van der Waals surface area contributed by atoms with Crippen LogP contribution in [0.1, 0.15) is 12.5 Å². The number of carbonyl (C=O) groups excluding carboxylic acids is 1. The van der Waals surface area contributed by atoms with Gasteiger partial charge in [0.1, 0.15) is 0 Å². The van der Waals surface area contributed by atoms with E-state index in [1.165, 1.54) is 0 Å². The molecule has 1 amide bonds. The van der Waals surface area contributed by atoms with Gasteiger partial charge in [-0.15, -0.1) is 0 Å². The van der Waals surface area contributed by atoms with Gasteiger partial charge in [0.25, 0.3) is 0 Å². The predicted molar refractivity (Wildman–Crippen MR) is 80.7 cm³/mol. The largest absolute Gasteiger partial charge is 0.394 e. The Bertz CT molecular complexity index is 452. The zero-order valence-corrected chi connectivity index (χ0v) is 12.4. The van der Waals surface area contributed by atoms with Crippen LogP contribution in [-0.4, -0.2) is 54.4 Å². The molecule has 1 fully saturated rings. The topological polar surface area (TPSA) is 75.8 Å². The molecular weight excluding hydrogens is 268 g/mol. The van der Waals surface area contributed by atoms with Crippen LogP contribution in [-0.2, 0) is 16.0 Å². The van der Waals surface area contributed by atoms with Crippen LogP contribution in [0, 0.1) is 5.92 Å². The molecule has 0 aliphatic carbocycles. The number of carbonyl (C=O) groups is 1. The maximum absolute atomic E-state index is 12.7. The van der Waals surface area contributed by atoms with Crippen LogP contribution >= 0.6 is 0 Å². The summed E-state index contributed by atoms with van der Waals surface area (Å²) in [7, 11) is 0. The van der Waals surface area contributed by atoms with Gasteiger partial charge in [-0.1, -0.05) is 30.3 Å². The highest BCUT2D eigenvalue weighted by atomic mass is 16.5. The van der Waals surface area contributed by atoms with Gasteiger partial charge in [-0.25, -0.2) is 0 Å². The molecule has 5 nitrogen and oxygen atoms in total. The summed E-state index contributed by atoms with van der Waals surface area (Å²) >= 11 is 0. The fraction of sp³-hybridized carbons (Fsp3) is 0.562. The van der Waals surface area contributed by atoms with Crippen molar-refractivity contribution in [3.63, 3.8) is 0 Å². The minimum atomic E-state index is -0.291. The molecule has 5 heteroatoms. The Morgan fingerprint density at radius 2 is 2.19 bits per heavy atom. The van der Waals surface area contributed by atoms with Crippen molar-refractivity contribution in [2.75, 3.05) is 26.3 Å². The number of ether oxygens (including phenoxy) is 1. The summed E-state index contributed by atoms with van der Waals surface area (Å²) in [5.74, 6) is -0.178. The van der Waals surface area contributed by atoms with E-state index in [-0.39, 0.29) is 30.6 Å². The van der Waals surface area contributed by atoms with Gasteiger partial charge in [0, 0.05) is 13.1 Å². The van der Waals surface area contributed by atoms with Crippen molar-refractivity contribution in [2.24, 2.45) is 11.7 Å². The lowest BCUT2D eigenvalue weighted by molar-refractivity contribution is -0.150. The van der Waals surface area contributed by atoms with Gasteiger partial charge in [0.15, 0.2) is 0 Å². The minimum Gasteiger partial charge on any atom is -0.394 e. The molecule has 3 atom stereocenters. The third kappa shape index (κ3) is 4.03. The van der Waals surface area contributed by atoms with E-state index >= 15 is 0 Å². The standard InChI is InChI=1S/C16H24N2O3/c1-12-11-21-15(10-19)9-18(12)16(20)14(8-17)7-13-5-3-2-4-6-13/h2-6,12,14-15,19H,7-11,17H2,1H3. The van der Waals surface area contributed by atoms with Crippen molar-refractivity contribution in [1.29, 1.82) is 0 Å². The molecule has 1 aliphatic rings. The lowest BCUT2D eigenvalue weighted by Crippen LogP contribution is -2.54. The first-order chi connectivity index (χ1) is 10.2. The molecule has 0 saturated carbocycles. The second kappa shape index (κ2) is 7.54. The summed E-state index contributed by atoms with van der Waals surface area (Å²) in [5.41, 5.74) is 6.92. The zero-order valence-electron chi connectivity index (χ0n) is 12.4. The number of hydrogen-bond acceptors (Lipinski definition) is 4. The van der Waals surface area contributed by atoms with Crippen molar-refractivity contribution in [2.45, 2.75) is 25.5 Å². The first-order valence-electron chi connectivity index (χ1n) is 7.42. The molecule has 1 saturated heterocycles. The molecule has 1 aromatic carbocycles. The smallest absolute Gasteiger partial charge is 0.227 e. The first-order valence-corrected chi connectivity index (χ1v) is 7.42. The molecule has 0 aromatic heterocycles. The Kier molecular flexibility index (Phi) is 5.73. The molecule has 0 spiro atoms. The Morgan fingerprint density at radius 1 is 1.48 bits per heavy atom. The van der Waals surface area contributed by atoms with Gasteiger partial charge in [-0.2, -0.15) is 0 Å². The maximum atomic E-state index is 12.7. The van der Waals surface area contributed by atoms with E-state index in [0.29, 0.717) is 26.1 Å². The molecule has 1 aliphatic heterocycles. The van der Waals surface area contributed by atoms with Gasteiger partial charge >= 0.3 is 0 Å². The molecular formula is C16H24N2O3. The number of rotatable bonds is 5. The van der Waals surface area contributed by atoms with Gasteiger partial charge in [-0.3, -0.25) is 4.79 Å². The fourth-order valence-corrected chi connectivity index (χ4v) is 2.64. The summed E-state index contributed by atoms with van der Waals surface area (Å²) in [5, 5.41) is 9.22. The molecule has 116 valence electrons. The van der Waals surface area contributed by atoms with Crippen molar-refractivity contribution in [3.05, 3.63) is 35.9 Å². The third-order valence-corrected chi connectivity index (χ3v) is 3.95. The Balaban J connectivity index is 2.04. The van der Waals surface area contributed by atoms with E-state index in [1.54, 1.807) is 4.90 Å². The van der Waals surface area contributed by atoms with Crippen LogP contribution in [0.2, 0.25) is 0 Å². The van der Waals surface area contributed by atoms with Gasteiger partial charge in [0.05, 0.1) is 31.3 Å². The number of amides is 1. The summed E-state index contributed by atoms with van der Waals surface area (Å²) < 4.78 is 5.48. The van der Waals surface area contributed by atoms with Crippen LogP contribution in [0.25, 0.3) is 0 Å². The molecule has 0 radical (unpaired) electrons. The normalized spacial score (nSPS) is 23.9. The lowest BCUT2D eigenvalue weighted by atomic mass is 9.97. The fourth-order valence-electron chi connectivity index (χ4n) is 2.64. The van der Waals surface area contributed by atoms with Crippen LogP contribution in [0.5, 0.6) is 0 Å². The molecule has 3 N–H and O–H groups in total. The van der Waals surface area contributed by atoms with Crippen LogP contribution in [0.15, 0.2) is 30.3 Å². The first kappa shape index (κ1) is 15.9. The highest BCUT2D eigenvalue weighted by Gasteiger charge is 2.32. The summed E-state index contributed by atoms with van der Waals surface area (Å²) in [4.78, 5) is 14.5. The zero-order chi connectivity index (χ0) is 15.2. The number of nitrogens with two attached hydrogens (primary N) is 1. The van der Waals surface area contributed by atoms with E-state index in [9.17, 15) is 9.90 Å². The molecule has 1 aromatic rings. The number of aliphatic hydroxyl groups excluding tert-OH is 1. The molecule has 1 heterocycles. The van der Waals surface area contributed by atoms with E-state index in [2.05, 4.69) is 0 Å². The van der Waals surface area contributed by atoms with Gasteiger partial charge in [-0.05, 0) is 18.9 Å². The number of benzene rings is 1. The van der Waals surface area contributed by atoms with E-state index in [1.807, 2.05) is 37.3 Å².